The summed E-state index contributed by atoms with van der Waals surface area (Å²) < 4.78 is 10.4. The molecule has 2 aromatic carbocycles. The van der Waals surface area contributed by atoms with Gasteiger partial charge in [0, 0.05) is 0 Å². The maximum absolute atomic E-state index is 5.40. The van der Waals surface area contributed by atoms with Crippen LogP contribution in [0.1, 0.15) is 5.56 Å². The topological polar surface area (TPSA) is 21.8 Å². The first kappa shape index (κ1) is 13.4. The summed E-state index contributed by atoms with van der Waals surface area (Å²) in [4.78, 5) is 0. The molecule has 3 rings (SSSR count). The fourth-order valence-corrected chi connectivity index (χ4v) is 1.46. The SMILES string of the molecule is C=Cc1ccccc1.c1ccc(OCC2CO2)cc1. The van der Waals surface area contributed by atoms with Crippen molar-refractivity contribution in [2.75, 3.05) is 13.2 Å². The molecule has 0 saturated carbocycles. The minimum Gasteiger partial charge on any atom is -0.491 e. The van der Waals surface area contributed by atoms with Gasteiger partial charge < -0.3 is 9.47 Å². The summed E-state index contributed by atoms with van der Waals surface area (Å²) in [6.45, 7) is 5.17. The molecular weight excluding hydrogens is 236 g/mol. The Hall–Kier alpha value is -2.06. The standard InChI is InChI=1S/C9H10O2.C8H8/c1-2-4-8(5-3-1)10-6-9-7-11-9;1-2-8-6-4-3-5-7-8/h1-5,9H,6-7H2;2-7H,1H2. The van der Waals surface area contributed by atoms with Gasteiger partial charge in [0.15, 0.2) is 0 Å². The lowest BCUT2D eigenvalue weighted by Crippen LogP contribution is -2.03. The molecule has 0 N–H and O–H groups in total. The molecule has 1 fully saturated rings. The highest BCUT2D eigenvalue weighted by Crippen LogP contribution is 2.13. The highest BCUT2D eigenvalue weighted by atomic mass is 16.6. The van der Waals surface area contributed by atoms with E-state index in [1.54, 1.807) is 0 Å². The zero-order valence-corrected chi connectivity index (χ0v) is 10.9. The van der Waals surface area contributed by atoms with Gasteiger partial charge in [-0.15, -0.1) is 0 Å². The molecule has 0 amide bonds. The van der Waals surface area contributed by atoms with Crippen molar-refractivity contribution in [3.63, 3.8) is 0 Å². The number of rotatable bonds is 4. The van der Waals surface area contributed by atoms with Gasteiger partial charge in [-0.2, -0.15) is 0 Å². The highest BCUT2D eigenvalue weighted by molar-refractivity contribution is 5.45. The van der Waals surface area contributed by atoms with E-state index in [-0.39, 0.29) is 0 Å². The van der Waals surface area contributed by atoms with Crippen LogP contribution in [-0.2, 0) is 4.74 Å². The molecule has 2 nitrogen and oxygen atoms in total. The van der Waals surface area contributed by atoms with Crippen molar-refractivity contribution in [2.45, 2.75) is 6.10 Å². The lowest BCUT2D eigenvalue weighted by atomic mass is 10.2. The van der Waals surface area contributed by atoms with Crippen molar-refractivity contribution in [2.24, 2.45) is 0 Å². The number of para-hydroxylation sites is 1. The van der Waals surface area contributed by atoms with E-state index in [0.29, 0.717) is 12.7 Å². The zero-order valence-electron chi connectivity index (χ0n) is 10.9. The minimum atomic E-state index is 0.343. The Balaban J connectivity index is 0.000000148. The average Bonchev–Trinajstić information content (AvgIpc) is 3.32. The molecule has 0 spiro atoms. The van der Waals surface area contributed by atoms with Crippen LogP contribution in [0.2, 0.25) is 0 Å². The van der Waals surface area contributed by atoms with Gasteiger partial charge in [-0.3, -0.25) is 0 Å². The van der Waals surface area contributed by atoms with Crippen molar-refractivity contribution in [1.82, 2.24) is 0 Å². The van der Waals surface area contributed by atoms with E-state index in [4.69, 9.17) is 9.47 Å². The number of benzene rings is 2. The molecule has 0 bridgehead atoms. The van der Waals surface area contributed by atoms with Crippen LogP contribution in [0.25, 0.3) is 6.08 Å². The van der Waals surface area contributed by atoms with Gasteiger partial charge in [0.05, 0.1) is 6.61 Å². The third kappa shape index (κ3) is 5.40. The predicted octanol–water partition coefficient (Wildman–Crippen LogP) is 3.79. The van der Waals surface area contributed by atoms with Crippen LogP contribution in [0.3, 0.4) is 0 Å². The van der Waals surface area contributed by atoms with Gasteiger partial charge >= 0.3 is 0 Å². The second kappa shape index (κ2) is 7.39. The number of epoxide rings is 1. The first-order valence-corrected chi connectivity index (χ1v) is 6.35. The average molecular weight is 254 g/mol. The van der Waals surface area contributed by atoms with E-state index in [9.17, 15) is 0 Å². The molecule has 0 aromatic heterocycles. The molecule has 1 saturated heterocycles. The molecule has 0 aliphatic carbocycles. The van der Waals surface area contributed by atoms with E-state index in [0.717, 1.165) is 12.4 Å². The van der Waals surface area contributed by atoms with Crippen molar-refractivity contribution in [3.05, 3.63) is 72.8 Å². The Labute approximate surface area is 114 Å². The van der Waals surface area contributed by atoms with E-state index in [1.807, 2.05) is 66.7 Å². The zero-order chi connectivity index (χ0) is 13.3. The van der Waals surface area contributed by atoms with Crippen molar-refractivity contribution in [3.8, 4) is 5.75 Å². The lowest BCUT2D eigenvalue weighted by molar-refractivity contribution is 0.263. The molecule has 1 atom stereocenters. The van der Waals surface area contributed by atoms with Crippen LogP contribution in [0, 0.1) is 0 Å². The Morgan fingerprint density at radius 3 is 2.11 bits per heavy atom. The number of ether oxygens (including phenoxy) is 2. The quantitative estimate of drug-likeness (QED) is 0.774. The summed E-state index contributed by atoms with van der Waals surface area (Å²) in [5.74, 6) is 0.919. The van der Waals surface area contributed by atoms with Crippen LogP contribution in [0.15, 0.2) is 67.2 Å². The summed E-state index contributed by atoms with van der Waals surface area (Å²) in [5.41, 5.74) is 1.17. The van der Waals surface area contributed by atoms with Crippen LogP contribution >= 0.6 is 0 Å². The second-order valence-corrected chi connectivity index (χ2v) is 4.19. The lowest BCUT2D eigenvalue weighted by Gasteiger charge is -2.01. The van der Waals surface area contributed by atoms with Crippen LogP contribution in [0.4, 0.5) is 0 Å². The summed E-state index contributed by atoms with van der Waals surface area (Å²) in [6, 6.07) is 19.8. The summed E-state index contributed by atoms with van der Waals surface area (Å²) >= 11 is 0. The largest absolute Gasteiger partial charge is 0.491 e. The third-order valence-corrected chi connectivity index (χ3v) is 2.62. The van der Waals surface area contributed by atoms with E-state index < -0.39 is 0 Å². The monoisotopic (exact) mass is 254 g/mol. The van der Waals surface area contributed by atoms with E-state index in [2.05, 4.69) is 6.58 Å². The molecule has 1 aliphatic heterocycles. The van der Waals surface area contributed by atoms with Gasteiger partial charge in [0.1, 0.15) is 18.5 Å². The molecule has 1 heterocycles. The van der Waals surface area contributed by atoms with Crippen LogP contribution < -0.4 is 4.74 Å². The smallest absolute Gasteiger partial charge is 0.119 e. The van der Waals surface area contributed by atoms with Crippen molar-refractivity contribution >= 4 is 6.08 Å². The molecule has 1 aliphatic rings. The van der Waals surface area contributed by atoms with Gasteiger partial charge in [-0.1, -0.05) is 61.2 Å². The molecule has 2 aromatic rings. The Kier molecular flexibility index (Phi) is 5.20. The Morgan fingerprint density at radius 1 is 1.05 bits per heavy atom. The molecule has 1 unspecified atom stereocenters. The van der Waals surface area contributed by atoms with E-state index >= 15 is 0 Å². The molecule has 0 radical (unpaired) electrons. The van der Waals surface area contributed by atoms with Gasteiger partial charge in [-0.05, 0) is 17.7 Å². The minimum absolute atomic E-state index is 0.343. The van der Waals surface area contributed by atoms with Crippen molar-refractivity contribution < 1.29 is 9.47 Å². The maximum atomic E-state index is 5.40. The summed E-state index contributed by atoms with van der Waals surface area (Å²) in [7, 11) is 0. The first-order chi connectivity index (χ1) is 9.38. The Morgan fingerprint density at radius 2 is 1.63 bits per heavy atom. The fourth-order valence-electron chi connectivity index (χ4n) is 1.46. The first-order valence-electron chi connectivity index (χ1n) is 6.35. The molecular formula is C17H18O2. The fraction of sp³-hybridized carbons (Fsp3) is 0.176. The van der Waals surface area contributed by atoms with Crippen LogP contribution in [0.5, 0.6) is 5.75 Å². The summed E-state index contributed by atoms with van der Waals surface area (Å²) in [5, 5.41) is 0. The maximum Gasteiger partial charge on any atom is 0.119 e. The third-order valence-electron chi connectivity index (χ3n) is 2.62. The summed E-state index contributed by atoms with van der Waals surface area (Å²) in [6.07, 6.45) is 2.18. The Bertz CT molecular complexity index is 475. The van der Waals surface area contributed by atoms with Gasteiger partial charge in [0.25, 0.3) is 0 Å². The van der Waals surface area contributed by atoms with E-state index in [1.165, 1.54) is 5.56 Å². The van der Waals surface area contributed by atoms with Gasteiger partial charge in [-0.25, -0.2) is 0 Å². The molecule has 19 heavy (non-hydrogen) atoms. The number of hydrogen-bond acceptors (Lipinski definition) is 2. The van der Waals surface area contributed by atoms with Gasteiger partial charge in [0.2, 0.25) is 0 Å². The second-order valence-electron chi connectivity index (χ2n) is 4.19. The van der Waals surface area contributed by atoms with Crippen molar-refractivity contribution in [1.29, 1.82) is 0 Å². The normalized spacial score (nSPS) is 15.9. The highest BCUT2D eigenvalue weighted by Gasteiger charge is 2.22. The van der Waals surface area contributed by atoms with Crippen LogP contribution in [-0.4, -0.2) is 19.3 Å². The predicted molar refractivity (Wildman–Crippen MR) is 78.2 cm³/mol. The number of hydrogen-bond donors (Lipinski definition) is 0. The molecule has 98 valence electrons. The molecule has 2 heteroatoms.